The lowest BCUT2D eigenvalue weighted by Crippen LogP contribution is -2.31. The van der Waals surface area contributed by atoms with Gasteiger partial charge >= 0.3 is 27.4 Å². The molecule has 0 radical (unpaired) electrons. The Balaban J connectivity index is 1.38. The van der Waals surface area contributed by atoms with Crippen LogP contribution in [0.5, 0.6) is 0 Å². The molecule has 2 aliphatic rings. The van der Waals surface area contributed by atoms with Gasteiger partial charge in [-0.1, -0.05) is 36.4 Å². The molecule has 1 aromatic carbocycles. The van der Waals surface area contributed by atoms with Gasteiger partial charge in [0.15, 0.2) is 29.5 Å². The molecular formula is C24H28N6O12P2. The molecule has 0 bridgehead atoms. The highest BCUT2D eigenvalue weighted by atomic mass is 31.3. The minimum absolute atomic E-state index is 0.134. The van der Waals surface area contributed by atoms with E-state index in [1.807, 2.05) is 30.3 Å². The maximum absolute atomic E-state index is 12.4. The van der Waals surface area contributed by atoms with E-state index in [4.69, 9.17) is 23.8 Å². The van der Waals surface area contributed by atoms with E-state index in [-0.39, 0.29) is 17.0 Å². The molecule has 2 amide bonds. The number of phosphoric ester groups is 1. The molecule has 0 spiro atoms. The number of carboxylic acids is 1. The number of hydrogen-bond donors (Lipinski definition) is 5. The summed E-state index contributed by atoms with van der Waals surface area (Å²) < 4.78 is 53.3. The largest absolute Gasteiger partial charge is 0.481 e. The van der Waals surface area contributed by atoms with Crippen LogP contribution in [-0.4, -0.2) is 90.3 Å². The van der Waals surface area contributed by atoms with Crippen molar-refractivity contribution >= 4 is 50.5 Å². The summed E-state index contributed by atoms with van der Waals surface area (Å²) in [5, 5.41) is 13.9. The maximum Gasteiger partial charge on any atom is 0.479 e. The Labute approximate surface area is 249 Å². The standard InChI is InChI=1S/C24H28N6O12P2/c1-2-25-24(33)29-21-18-22(27-12-26-21)30(13-28-18)23-20-19(40-17(41-20)9-8-14-6-4-3-5-7-14)15(39-23)10-38-44(36,37)42-43(34,35)11-16(31)32/h3-9,12-13,15,17,19-20,23H,2,10-11H2,1H3,(H,31,32)(H,34,35)(H,36,37)(H2,25,26,27,29,33)/b9-8+/t15-,17+,19+,20+,23-/m1/s1. The first-order valence-corrected chi connectivity index (χ1v) is 16.3. The molecule has 2 saturated heterocycles. The second-order valence-electron chi connectivity index (χ2n) is 9.47. The number of carboxylic acid groups (broad SMARTS) is 1. The average molecular weight is 654 g/mol. The summed E-state index contributed by atoms with van der Waals surface area (Å²) in [7, 11) is -10.2. The lowest BCUT2D eigenvalue weighted by atomic mass is 10.1. The Bertz CT molecular complexity index is 1640. The zero-order chi connectivity index (χ0) is 31.5. The van der Waals surface area contributed by atoms with Gasteiger partial charge in [0.2, 0.25) is 0 Å². The predicted octanol–water partition coefficient (Wildman–Crippen LogP) is 2.09. The molecule has 44 heavy (non-hydrogen) atoms. The number of urea groups is 1. The van der Waals surface area contributed by atoms with Crippen LogP contribution in [-0.2, 0) is 37.0 Å². The van der Waals surface area contributed by atoms with Gasteiger partial charge in [-0.3, -0.25) is 23.8 Å². The summed E-state index contributed by atoms with van der Waals surface area (Å²) >= 11 is 0. The molecule has 7 atom stereocenters. The van der Waals surface area contributed by atoms with E-state index in [0.29, 0.717) is 6.54 Å². The quantitative estimate of drug-likeness (QED) is 0.176. The molecule has 2 aliphatic heterocycles. The number of fused-ring (bicyclic) bond motifs is 2. The van der Waals surface area contributed by atoms with Crippen molar-refractivity contribution in [2.75, 3.05) is 24.6 Å². The van der Waals surface area contributed by atoms with Gasteiger partial charge in [-0.05, 0) is 18.6 Å². The van der Waals surface area contributed by atoms with Crippen LogP contribution in [0.4, 0.5) is 10.6 Å². The lowest BCUT2D eigenvalue weighted by molar-refractivity contribution is -0.134. The normalized spacial score (nSPS) is 25.8. The average Bonchev–Trinajstić information content (AvgIpc) is 3.64. The first kappa shape index (κ1) is 31.8. The van der Waals surface area contributed by atoms with Crippen molar-refractivity contribution in [3.8, 4) is 0 Å². The van der Waals surface area contributed by atoms with E-state index >= 15 is 0 Å². The van der Waals surface area contributed by atoms with Gasteiger partial charge in [0, 0.05) is 6.54 Å². The molecule has 5 rings (SSSR count). The van der Waals surface area contributed by atoms with Crippen LogP contribution in [0.3, 0.4) is 0 Å². The van der Waals surface area contributed by atoms with Crippen LogP contribution >= 0.6 is 15.4 Å². The van der Waals surface area contributed by atoms with E-state index in [2.05, 4.69) is 29.9 Å². The fourth-order valence-electron chi connectivity index (χ4n) is 4.56. The molecule has 4 heterocycles. The van der Waals surface area contributed by atoms with Crippen LogP contribution in [0.25, 0.3) is 17.2 Å². The lowest BCUT2D eigenvalue weighted by Gasteiger charge is -2.21. The van der Waals surface area contributed by atoms with E-state index < -0.39 is 71.0 Å². The highest BCUT2D eigenvalue weighted by Crippen LogP contribution is 2.60. The number of carbonyl (C=O) groups excluding carboxylic acids is 1. The summed E-state index contributed by atoms with van der Waals surface area (Å²) in [5.41, 5.74) is 1.38. The first-order chi connectivity index (χ1) is 20.9. The summed E-state index contributed by atoms with van der Waals surface area (Å²) in [6, 6.07) is 8.85. The van der Waals surface area contributed by atoms with E-state index in [1.54, 1.807) is 19.1 Å². The Morgan fingerprint density at radius 1 is 1.09 bits per heavy atom. The van der Waals surface area contributed by atoms with E-state index in [1.165, 1.54) is 17.2 Å². The summed E-state index contributed by atoms with van der Waals surface area (Å²) in [6.07, 6.45) is -0.0228. The minimum atomic E-state index is -5.22. The number of aliphatic carboxylic acids is 1. The van der Waals surface area contributed by atoms with Crippen molar-refractivity contribution < 1.29 is 56.7 Å². The van der Waals surface area contributed by atoms with E-state index in [0.717, 1.165) is 5.56 Å². The number of anilines is 1. The minimum Gasteiger partial charge on any atom is -0.481 e. The SMILES string of the molecule is CCNC(=O)Nc1ncnc2c1ncn2[C@@H]1O[C@H](COP(=O)(O)OP(=O)(O)CC(=O)O)[C@@H]2O[C@H](/C=C/c3ccccc3)O[C@@H]21. The van der Waals surface area contributed by atoms with Gasteiger partial charge in [-0.25, -0.2) is 28.6 Å². The zero-order valence-electron chi connectivity index (χ0n) is 22.9. The number of benzene rings is 1. The Kier molecular flexibility index (Phi) is 9.55. The van der Waals surface area contributed by atoms with Gasteiger partial charge in [0.05, 0.1) is 12.9 Å². The van der Waals surface area contributed by atoms with Crippen LogP contribution in [0.2, 0.25) is 0 Å². The number of phosphoric acid groups is 1. The highest BCUT2D eigenvalue weighted by Gasteiger charge is 2.54. The molecule has 236 valence electrons. The monoisotopic (exact) mass is 654 g/mol. The number of carbonyl (C=O) groups is 2. The van der Waals surface area contributed by atoms with Gasteiger partial charge in [-0.2, -0.15) is 0 Å². The molecule has 0 saturated carbocycles. The molecule has 0 aliphatic carbocycles. The number of ether oxygens (including phenoxy) is 3. The summed E-state index contributed by atoms with van der Waals surface area (Å²) in [5.74, 6) is -1.58. The van der Waals surface area contributed by atoms with Crippen LogP contribution in [0.15, 0.2) is 49.1 Å². The topological polar surface area (TPSA) is 243 Å². The third kappa shape index (κ3) is 7.55. The van der Waals surface area contributed by atoms with Crippen molar-refractivity contribution in [3.05, 3.63) is 54.6 Å². The fourth-order valence-corrected chi connectivity index (χ4v) is 6.94. The number of amides is 2. The molecule has 2 unspecified atom stereocenters. The molecule has 5 N–H and O–H groups in total. The van der Waals surface area contributed by atoms with E-state index in [9.17, 15) is 28.5 Å². The maximum atomic E-state index is 12.4. The molecule has 18 nitrogen and oxygen atoms in total. The van der Waals surface area contributed by atoms with Gasteiger partial charge < -0.3 is 34.4 Å². The molecular weight excluding hydrogens is 626 g/mol. The second kappa shape index (κ2) is 13.2. The number of rotatable bonds is 12. The van der Waals surface area contributed by atoms with Crippen molar-refractivity contribution in [3.63, 3.8) is 0 Å². The predicted molar refractivity (Wildman–Crippen MR) is 150 cm³/mol. The molecule has 3 aromatic rings. The van der Waals surface area contributed by atoms with Crippen molar-refractivity contribution in [2.24, 2.45) is 0 Å². The molecule has 2 aromatic heterocycles. The number of aromatic nitrogens is 4. The molecule has 20 heteroatoms. The number of hydrogen-bond acceptors (Lipinski definition) is 12. The third-order valence-corrected chi connectivity index (χ3v) is 9.27. The van der Waals surface area contributed by atoms with Gasteiger partial charge in [-0.15, -0.1) is 0 Å². The van der Waals surface area contributed by atoms with Crippen molar-refractivity contribution in [1.29, 1.82) is 0 Å². The zero-order valence-corrected chi connectivity index (χ0v) is 24.7. The van der Waals surface area contributed by atoms with Crippen LogP contribution < -0.4 is 10.6 Å². The fraction of sp³-hybridized carbons (Fsp3) is 0.375. The third-order valence-electron chi connectivity index (χ3n) is 6.28. The van der Waals surface area contributed by atoms with Crippen LogP contribution in [0, 0.1) is 0 Å². The molecule has 2 fully saturated rings. The smallest absolute Gasteiger partial charge is 0.479 e. The number of nitrogens with one attached hydrogen (secondary N) is 2. The van der Waals surface area contributed by atoms with Crippen LogP contribution in [0.1, 0.15) is 18.7 Å². The Hall–Kier alpha value is -3.57. The van der Waals surface area contributed by atoms with Gasteiger partial charge in [0.25, 0.3) is 0 Å². The summed E-state index contributed by atoms with van der Waals surface area (Å²) in [4.78, 5) is 55.2. The highest BCUT2D eigenvalue weighted by molar-refractivity contribution is 7.64. The van der Waals surface area contributed by atoms with Crippen molar-refractivity contribution in [1.82, 2.24) is 24.8 Å². The Morgan fingerprint density at radius 3 is 2.57 bits per heavy atom. The van der Waals surface area contributed by atoms with Gasteiger partial charge in [0.1, 0.15) is 30.8 Å². The number of nitrogens with zero attached hydrogens (tertiary/aromatic N) is 4. The second-order valence-corrected chi connectivity index (χ2v) is 12.9. The summed E-state index contributed by atoms with van der Waals surface area (Å²) in [6.45, 7) is 1.46. The Morgan fingerprint density at radius 2 is 1.84 bits per heavy atom. The van der Waals surface area contributed by atoms with Crippen molar-refractivity contribution in [2.45, 2.75) is 37.8 Å². The first-order valence-electron chi connectivity index (χ1n) is 13.1. The number of imidazole rings is 1.